The predicted molar refractivity (Wildman–Crippen MR) is 251 cm³/mol. The standard InChI is InChI=1S/C49H89NO12S/c1-3-5-7-9-11-13-15-17-19-21-22-24-25-27-29-31-33-35-37-42(52)41(40-60-49-46(55)47(62-63(57,58)59)45(54)44(39-51)61-49)50-48(56)43(53)38-36-34-32-30-28-26-23-20-18-16-14-12-10-8-6-4-2/h18,20-22,27,29,35,37,41-47,49,51-55H,3-17,19,23-26,28,30-34,36,38-40H2,1-2H3,(H,50,56)(H,57,58,59)/b20-18-,22-21+,29-27+,37-35+. The molecule has 8 atom stereocenters. The number of hydrogen-bond donors (Lipinski definition) is 7. The van der Waals surface area contributed by atoms with Crippen LogP contribution in [0.25, 0.3) is 0 Å². The van der Waals surface area contributed by atoms with Crippen molar-refractivity contribution in [2.24, 2.45) is 0 Å². The first-order valence-corrected chi connectivity index (χ1v) is 26.0. The lowest BCUT2D eigenvalue weighted by atomic mass is 9.99. The summed E-state index contributed by atoms with van der Waals surface area (Å²) in [4.78, 5) is 13.1. The summed E-state index contributed by atoms with van der Waals surface area (Å²) >= 11 is 0. The molecule has 1 saturated heterocycles. The van der Waals surface area contributed by atoms with Gasteiger partial charge in [-0.15, -0.1) is 0 Å². The Balaban J connectivity index is 2.60. The van der Waals surface area contributed by atoms with Crippen molar-refractivity contribution in [3.8, 4) is 0 Å². The van der Waals surface area contributed by atoms with Gasteiger partial charge in [-0.25, -0.2) is 4.18 Å². The zero-order valence-electron chi connectivity index (χ0n) is 39.0. The Morgan fingerprint density at radius 3 is 1.52 bits per heavy atom. The Hall–Kier alpha value is -1.98. The van der Waals surface area contributed by atoms with E-state index in [4.69, 9.17) is 9.47 Å². The number of carbonyl (C=O) groups excluding carboxylic acids is 1. The van der Waals surface area contributed by atoms with E-state index in [0.29, 0.717) is 12.8 Å². The Kier molecular flexibility index (Phi) is 36.7. The van der Waals surface area contributed by atoms with Crippen molar-refractivity contribution >= 4 is 16.3 Å². The highest BCUT2D eigenvalue weighted by atomic mass is 32.3. The van der Waals surface area contributed by atoms with Crippen LogP contribution in [0.1, 0.15) is 194 Å². The van der Waals surface area contributed by atoms with E-state index in [9.17, 15) is 43.3 Å². The monoisotopic (exact) mass is 916 g/mol. The molecule has 1 amide bonds. The van der Waals surface area contributed by atoms with Gasteiger partial charge >= 0.3 is 10.4 Å². The van der Waals surface area contributed by atoms with Crippen molar-refractivity contribution in [3.63, 3.8) is 0 Å². The molecule has 63 heavy (non-hydrogen) atoms. The van der Waals surface area contributed by atoms with Gasteiger partial charge in [0.15, 0.2) is 6.29 Å². The second-order valence-corrected chi connectivity index (χ2v) is 18.2. The van der Waals surface area contributed by atoms with Crippen LogP contribution >= 0.6 is 0 Å². The van der Waals surface area contributed by atoms with Crippen molar-refractivity contribution in [2.75, 3.05) is 13.2 Å². The molecule has 1 fully saturated rings. The maximum absolute atomic E-state index is 13.1. The lowest BCUT2D eigenvalue weighted by Gasteiger charge is -2.41. The molecule has 1 heterocycles. The minimum atomic E-state index is -5.13. The smallest absolute Gasteiger partial charge is 0.394 e. The zero-order valence-corrected chi connectivity index (χ0v) is 39.8. The summed E-state index contributed by atoms with van der Waals surface area (Å²) < 4.78 is 47.5. The third-order valence-corrected chi connectivity index (χ3v) is 11.9. The topological polar surface area (TPSA) is 212 Å². The minimum absolute atomic E-state index is 0.225. The van der Waals surface area contributed by atoms with Crippen LogP contribution in [0.3, 0.4) is 0 Å². The molecule has 0 bridgehead atoms. The molecule has 13 nitrogen and oxygen atoms in total. The number of unbranched alkanes of at least 4 members (excludes halogenated alkanes) is 22. The molecule has 8 unspecified atom stereocenters. The quantitative estimate of drug-likeness (QED) is 0.0174. The number of hydrogen-bond acceptors (Lipinski definition) is 11. The van der Waals surface area contributed by atoms with Crippen LogP contribution in [-0.4, -0.2) is 107 Å². The minimum Gasteiger partial charge on any atom is -0.394 e. The van der Waals surface area contributed by atoms with Crippen LogP contribution in [0.15, 0.2) is 48.6 Å². The fourth-order valence-electron chi connectivity index (χ4n) is 7.49. The highest BCUT2D eigenvalue weighted by Gasteiger charge is 2.48. The van der Waals surface area contributed by atoms with Crippen molar-refractivity contribution in [3.05, 3.63) is 48.6 Å². The van der Waals surface area contributed by atoms with Crippen molar-refractivity contribution in [1.29, 1.82) is 0 Å². The highest BCUT2D eigenvalue weighted by Crippen LogP contribution is 2.26. The van der Waals surface area contributed by atoms with Gasteiger partial charge < -0.3 is 40.3 Å². The van der Waals surface area contributed by atoms with Gasteiger partial charge in [0.25, 0.3) is 0 Å². The van der Waals surface area contributed by atoms with Gasteiger partial charge in [-0.1, -0.05) is 172 Å². The molecule has 0 aromatic carbocycles. The van der Waals surface area contributed by atoms with Gasteiger partial charge in [0, 0.05) is 0 Å². The summed E-state index contributed by atoms with van der Waals surface area (Å²) in [6.45, 7) is 3.18. The first kappa shape index (κ1) is 59.0. The Morgan fingerprint density at radius 2 is 1.06 bits per heavy atom. The molecule has 1 aliphatic rings. The number of amides is 1. The van der Waals surface area contributed by atoms with Gasteiger partial charge in [0.1, 0.15) is 30.5 Å². The van der Waals surface area contributed by atoms with E-state index in [1.54, 1.807) is 6.08 Å². The summed E-state index contributed by atoms with van der Waals surface area (Å²) in [7, 11) is -5.13. The van der Waals surface area contributed by atoms with E-state index < -0.39 is 78.5 Å². The van der Waals surface area contributed by atoms with Crippen molar-refractivity contribution in [1.82, 2.24) is 5.32 Å². The van der Waals surface area contributed by atoms with E-state index in [1.807, 2.05) is 0 Å². The van der Waals surface area contributed by atoms with Crippen LogP contribution in [0.2, 0.25) is 0 Å². The Bertz CT molecular complexity index is 1330. The van der Waals surface area contributed by atoms with Gasteiger partial charge in [0.2, 0.25) is 5.91 Å². The molecule has 0 radical (unpaired) electrons. The molecule has 1 rings (SSSR count). The third-order valence-electron chi connectivity index (χ3n) is 11.4. The van der Waals surface area contributed by atoms with Crippen molar-refractivity contribution < 1.29 is 57.0 Å². The molecule has 0 spiro atoms. The maximum atomic E-state index is 13.1. The van der Waals surface area contributed by atoms with E-state index in [-0.39, 0.29) is 6.42 Å². The first-order chi connectivity index (χ1) is 30.4. The fraction of sp³-hybridized carbons (Fsp3) is 0.816. The average molecular weight is 916 g/mol. The summed E-state index contributed by atoms with van der Waals surface area (Å²) in [6, 6.07) is -1.15. The molecule has 0 aromatic heterocycles. The second kappa shape index (κ2) is 39.2. The normalized spacial score (nSPS) is 21.3. The number of nitrogens with one attached hydrogen (secondary N) is 1. The Labute approximate surface area is 381 Å². The van der Waals surface area contributed by atoms with E-state index in [2.05, 4.69) is 59.8 Å². The van der Waals surface area contributed by atoms with Crippen LogP contribution in [0.5, 0.6) is 0 Å². The molecular weight excluding hydrogens is 827 g/mol. The zero-order chi connectivity index (χ0) is 46.4. The van der Waals surface area contributed by atoms with Gasteiger partial charge in [-0.3, -0.25) is 9.35 Å². The summed E-state index contributed by atoms with van der Waals surface area (Å²) in [5.74, 6) is -0.722. The summed E-state index contributed by atoms with van der Waals surface area (Å²) in [5, 5.41) is 55.2. The maximum Gasteiger partial charge on any atom is 0.397 e. The second-order valence-electron chi connectivity index (χ2n) is 17.2. The molecular formula is C49H89NO12S. The number of aliphatic hydroxyl groups is 5. The average Bonchev–Trinajstić information content (AvgIpc) is 3.25. The molecule has 0 aliphatic carbocycles. The molecule has 0 saturated carbocycles. The number of allylic oxidation sites excluding steroid dienone is 7. The first-order valence-electron chi connectivity index (χ1n) is 24.6. The third kappa shape index (κ3) is 31.6. The molecule has 14 heteroatoms. The van der Waals surface area contributed by atoms with E-state index in [1.165, 1.54) is 96.0 Å². The summed E-state index contributed by atoms with van der Waals surface area (Å²) in [5.41, 5.74) is 0. The largest absolute Gasteiger partial charge is 0.397 e. The molecule has 368 valence electrons. The lowest BCUT2D eigenvalue weighted by molar-refractivity contribution is -0.298. The number of rotatable bonds is 41. The van der Waals surface area contributed by atoms with Crippen LogP contribution in [0, 0.1) is 0 Å². The van der Waals surface area contributed by atoms with E-state index >= 15 is 0 Å². The SMILES string of the molecule is CCCCCCCC/C=C\CCCCCCCCC(O)C(=O)NC(COC1OC(CO)C(O)C(OS(=O)(=O)O)C1O)C(O)/C=C/CC/C=C/CC/C=C/CCCCCCCCCC. The number of aliphatic hydroxyl groups excluding tert-OH is 5. The number of carbonyl (C=O) groups is 1. The van der Waals surface area contributed by atoms with Crippen LogP contribution in [0.4, 0.5) is 0 Å². The Morgan fingerprint density at radius 1 is 0.635 bits per heavy atom. The lowest BCUT2D eigenvalue weighted by Crippen LogP contribution is -2.61. The number of ether oxygens (including phenoxy) is 2. The van der Waals surface area contributed by atoms with E-state index in [0.717, 1.165) is 70.6 Å². The summed E-state index contributed by atoms with van der Waals surface area (Å²) in [6.07, 6.45) is 36.2. The highest BCUT2D eigenvalue weighted by molar-refractivity contribution is 7.80. The molecule has 7 N–H and O–H groups in total. The van der Waals surface area contributed by atoms with Gasteiger partial charge in [-0.05, 0) is 70.6 Å². The van der Waals surface area contributed by atoms with Crippen LogP contribution in [-0.2, 0) is 28.9 Å². The fourth-order valence-corrected chi connectivity index (χ4v) is 7.99. The molecule has 1 aliphatic heterocycles. The van der Waals surface area contributed by atoms with Crippen molar-refractivity contribution in [2.45, 2.75) is 243 Å². The van der Waals surface area contributed by atoms with Gasteiger partial charge in [-0.2, -0.15) is 8.42 Å². The van der Waals surface area contributed by atoms with Crippen LogP contribution < -0.4 is 5.32 Å². The molecule has 0 aromatic rings. The predicted octanol–water partition coefficient (Wildman–Crippen LogP) is 9.02. The van der Waals surface area contributed by atoms with Gasteiger partial charge in [0.05, 0.1) is 25.4 Å².